The van der Waals surface area contributed by atoms with E-state index < -0.39 is 23.8 Å². The number of primary amides is 1. The fourth-order valence-corrected chi connectivity index (χ4v) is 2.54. The van der Waals surface area contributed by atoms with Gasteiger partial charge in [-0.15, -0.1) is 0 Å². The first kappa shape index (κ1) is 15.7. The van der Waals surface area contributed by atoms with Crippen molar-refractivity contribution in [2.45, 2.75) is 12.5 Å². The third-order valence-corrected chi connectivity index (χ3v) is 3.66. The topological polar surface area (TPSA) is 69.8 Å². The minimum absolute atomic E-state index is 0.116. The highest BCUT2D eigenvalue weighted by atomic mass is 19.1. The van der Waals surface area contributed by atoms with Crippen LogP contribution in [-0.4, -0.2) is 53.7 Å². The average molecular weight is 299 g/mol. The van der Waals surface area contributed by atoms with E-state index in [-0.39, 0.29) is 12.1 Å². The van der Waals surface area contributed by atoms with Gasteiger partial charge in [0.1, 0.15) is 11.6 Å². The lowest BCUT2D eigenvalue weighted by molar-refractivity contribution is 0.109. The van der Waals surface area contributed by atoms with Crippen LogP contribution in [0.5, 0.6) is 0 Å². The Labute approximate surface area is 121 Å². The highest BCUT2D eigenvalue weighted by Gasteiger charge is 2.23. The van der Waals surface area contributed by atoms with Crippen molar-refractivity contribution in [1.82, 2.24) is 9.80 Å². The Morgan fingerprint density at radius 2 is 1.90 bits per heavy atom. The lowest BCUT2D eigenvalue weighted by Gasteiger charge is -2.24. The van der Waals surface area contributed by atoms with E-state index in [1.54, 1.807) is 0 Å². The Hall–Kier alpha value is -1.73. The molecule has 3 N–H and O–H groups in total. The summed E-state index contributed by atoms with van der Waals surface area (Å²) < 4.78 is 27.2. The number of halogens is 2. The van der Waals surface area contributed by atoms with Gasteiger partial charge in [0.2, 0.25) is 0 Å². The minimum atomic E-state index is -1.24. The van der Waals surface area contributed by atoms with Crippen molar-refractivity contribution >= 4 is 6.03 Å². The van der Waals surface area contributed by atoms with Crippen molar-refractivity contribution in [2.24, 2.45) is 5.73 Å². The smallest absolute Gasteiger partial charge is 0.314 e. The molecule has 0 aliphatic carbocycles. The second kappa shape index (κ2) is 6.82. The molecule has 0 radical (unpaired) electrons. The van der Waals surface area contributed by atoms with Gasteiger partial charge < -0.3 is 15.7 Å². The number of carbonyl (C=O) groups excluding carboxylic acids is 1. The number of β-amino-alcohol motifs (C(OH)–C–C–N with tert-alkyl or cyclic N) is 1. The molecular weight excluding hydrogens is 280 g/mol. The molecule has 116 valence electrons. The number of benzene rings is 1. The Morgan fingerprint density at radius 3 is 2.52 bits per heavy atom. The van der Waals surface area contributed by atoms with E-state index in [2.05, 4.69) is 0 Å². The molecule has 1 fully saturated rings. The van der Waals surface area contributed by atoms with Gasteiger partial charge in [0.25, 0.3) is 0 Å². The number of aliphatic hydroxyl groups excluding tert-OH is 1. The Kier molecular flexibility index (Phi) is 5.08. The monoisotopic (exact) mass is 299 g/mol. The van der Waals surface area contributed by atoms with E-state index in [4.69, 9.17) is 5.73 Å². The van der Waals surface area contributed by atoms with E-state index in [1.165, 1.54) is 11.0 Å². The van der Waals surface area contributed by atoms with Gasteiger partial charge in [-0.25, -0.2) is 13.6 Å². The van der Waals surface area contributed by atoms with Crippen LogP contribution in [0, 0.1) is 11.6 Å². The van der Waals surface area contributed by atoms with E-state index >= 15 is 0 Å². The first-order valence-electron chi connectivity index (χ1n) is 6.87. The number of aliphatic hydroxyl groups is 1. The molecule has 1 heterocycles. The van der Waals surface area contributed by atoms with Crippen LogP contribution in [0.15, 0.2) is 18.2 Å². The van der Waals surface area contributed by atoms with Gasteiger partial charge in [-0.1, -0.05) is 6.07 Å². The first-order chi connectivity index (χ1) is 9.99. The molecule has 1 saturated heterocycles. The van der Waals surface area contributed by atoms with Gasteiger partial charge in [0.15, 0.2) is 0 Å². The van der Waals surface area contributed by atoms with Crippen LogP contribution >= 0.6 is 0 Å². The third-order valence-electron chi connectivity index (χ3n) is 3.66. The minimum Gasteiger partial charge on any atom is -0.387 e. The molecule has 0 aromatic heterocycles. The molecule has 1 aliphatic rings. The van der Waals surface area contributed by atoms with Crippen LogP contribution in [0.25, 0.3) is 0 Å². The van der Waals surface area contributed by atoms with Gasteiger partial charge in [0, 0.05) is 32.7 Å². The standard InChI is InChI=1S/C14H19F2N3O2/c15-10-3-1-4-11(16)13(10)12(20)9-18-5-2-6-19(8-7-18)14(17)21/h1,3-4,12,20H,2,5-9H2,(H2,17,21). The van der Waals surface area contributed by atoms with Crippen molar-refractivity contribution in [3.8, 4) is 0 Å². The molecule has 2 rings (SSSR count). The maximum absolute atomic E-state index is 13.6. The maximum Gasteiger partial charge on any atom is 0.314 e. The number of urea groups is 1. The molecule has 21 heavy (non-hydrogen) atoms. The summed E-state index contributed by atoms with van der Waals surface area (Å²) in [6.07, 6.45) is -0.540. The predicted molar refractivity (Wildman–Crippen MR) is 73.5 cm³/mol. The molecule has 5 nitrogen and oxygen atoms in total. The second-order valence-corrected chi connectivity index (χ2v) is 5.13. The van der Waals surface area contributed by atoms with E-state index in [9.17, 15) is 18.7 Å². The number of rotatable bonds is 3. The summed E-state index contributed by atoms with van der Waals surface area (Å²) in [6.45, 7) is 2.26. The number of nitrogens with two attached hydrogens (primary N) is 1. The summed E-state index contributed by atoms with van der Waals surface area (Å²) in [7, 11) is 0. The van der Waals surface area contributed by atoms with Gasteiger partial charge in [-0.3, -0.25) is 4.90 Å². The zero-order valence-corrected chi connectivity index (χ0v) is 11.6. The van der Waals surface area contributed by atoms with Crippen LogP contribution < -0.4 is 5.73 Å². The maximum atomic E-state index is 13.6. The molecule has 1 unspecified atom stereocenters. The normalized spacial score (nSPS) is 18.3. The summed E-state index contributed by atoms with van der Waals surface area (Å²) in [6, 6.07) is 3.03. The second-order valence-electron chi connectivity index (χ2n) is 5.13. The molecule has 1 aromatic carbocycles. The van der Waals surface area contributed by atoms with Crippen molar-refractivity contribution < 1.29 is 18.7 Å². The van der Waals surface area contributed by atoms with Crippen molar-refractivity contribution in [3.63, 3.8) is 0 Å². The van der Waals surface area contributed by atoms with Gasteiger partial charge >= 0.3 is 6.03 Å². The molecule has 1 aliphatic heterocycles. The van der Waals surface area contributed by atoms with Crippen LogP contribution in [0.1, 0.15) is 18.1 Å². The lowest BCUT2D eigenvalue weighted by atomic mass is 10.1. The molecule has 0 saturated carbocycles. The predicted octanol–water partition coefficient (Wildman–Crippen LogP) is 1.08. The first-order valence-corrected chi connectivity index (χ1v) is 6.87. The zero-order valence-electron chi connectivity index (χ0n) is 11.6. The third kappa shape index (κ3) is 3.89. The van der Waals surface area contributed by atoms with Crippen molar-refractivity contribution in [2.75, 3.05) is 32.7 Å². The van der Waals surface area contributed by atoms with Crippen LogP contribution in [-0.2, 0) is 0 Å². The number of hydrogen-bond donors (Lipinski definition) is 2. The van der Waals surface area contributed by atoms with Gasteiger partial charge in [-0.05, 0) is 18.6 Å². The lowest BCUT2D eigenvalue weighted by Crippen LogP contribution is -2.39. The molecule has 1 aromatic rings. The van der Waals surface area contributed by atoms with E-state index in [0.29, 0.717) is 32.6 Å². The summed E-state index contributed by atoms with van der Waals surface area (Å²) in [4.78, 5) is 14.5. The SMILES string of the molecule is NC(=O)N1CCCN(CC(O)c2c(F)cccc2F)CC1. The number of carbonyl (C=O) groups is 1. The molecule has 1 atom stereocenters. The van der Waals surface area contributed by atoms with Gasteiger partial charge in [0.05, 0.1) is 11.7 Å². The highest BCUT2D eigenvalue weighted by molar-refractivity contribution is 5.71. The summed E-state index contributed by atoms with van der Waals surface area (Å²) >= 11 is 0. The summed E-state index contributed by atoms with van der Waals surface area (Å²) in [5.74, 6) is -1.51. The summed E-state index contributed by atoms with van der Waals surface area (Å²) in [5.41, 5.74) is 4.92. The average Bonchev–Trinajstić information content (AvgIpc) is 2.64. The Balaban J connectivity index is 2.00. The van der Waals surface area contributed by atoms with Crippen molar-refractivity contribution in [1.29, 1.82) is 0 Å². The summed E-state index contributed by atoms with van der Waals surface area (Å²) in [5, 5.41) is 10.1. The fraction of sp³-hybridized carbons (Fsp3) is 0.500. The molecule has 0 bridgehead atoms. The fourth-order valence-electron chi connectivity index (χ4n) is 2.54. The zero-order chi connectivity index (χ0) is 15.4. The molecule has 0 spiro atoms. The Morgan fingerprint density at radius 1 is 1.24 bits per heavy atom. The van der Waals surface area contributed by atoms with E-state index in [1.807, 2.05) is 4.90 Å². The van der Waals surface area contributed by atoms with Crippen LogP contribution in [0.4, 0.5) is 13.6 Å². The molecule has 2 amide bonds. The number of nitrogens with zero attached hydrogens (tertiary/aromatic N) is 2. The van der Waals surface area contributed by atoms with E-state index in [0.717, 1.165) is 12.1 Å². The van der Waals surface area contributed by atoms with Gasteiger partial charge in [-0.2, -0.15) is 0 Å². The van der Waals surface area contributed by atoms with Crippen molar-refractivity contribution in [3.05, 3.63) is 35.4 Å². The van der Waals surface area contributed by atoms with Crippen LogP contribution in [0.2, 0.25) is 0 Å². The molecule has 7 heteroatoms. The molecular formula is C14H19F2N3O2. The largest absolute Gasteiger partial charge is 0.387 e. The Bertz CT molecular complexity index is 493. The number of amides is 2. The number of hydrogen-bond acceptors (Lipinski definition) is 3. The quantitative estimate of drug-likeness (QED) is 0.877. The van der Waals surface area contributed by atoms with Crippen LogP contribution in [0.3, 0.4) is 0 Å². The highest BCUT2D eigenvalue weighted by Crippen LogP contribution is 2.22.